The van der Waals surface area contributed by atoms with Crippen LogP contribution in [0, 0.1) is 11.7 Å². The zero-order valence-electron chi connectivity index (χ0n) is 25.0. The van der Waals surface area contributed by atoms with Crippen molar-refractivity contribution >= 4 is 34.6 Å². The summed E-state index contributed by atoms with van der Waals surface area (Å²) >= 11 is 6.22. The summed E-state index contributed by atoms with van der Waals surface area (Å²) in [5.41, 5.74) is 24.5. The molecule has 0 spiro atoms. The van der Waals surface area contributed by atoms with Crippen molar-refractivity contribution in [2.24, 2.45) is 38.8 Å². The molecular formula is C31H38ClF2N9O2. The van der Waals surface area contributed by atoms with Crippen LogP contribution in [0.15, 0.2) is 63.4 Å². The fraction of sp³-hybridized carbons (Fsp3) is 0.355. The number of H-pyrrole nitrogens is 1. The van der Waals surface area contributed by atoms with Gasteiger partial charge >= 0.3 is 5.69 Å². The SMILES string of the molecule is C[C@@H](CF)CCCc1cc(Cl)c(F)c(-c2cc3cn(-c4ccc(CO[C@H](CCN=C(N)N)CN=C(N)N)cc4)c(=O)nc3[nH]2)c1. The van der Waals surface area contributed by atoms with Crippen LogP contribution in [0.2, 0.25) is 5.02 Å². The number of rotatable bonds is 15. The van der Waals surface area contributed by atoms with E-state index in [1.165, 1.54) is 4.57 Å². The largest absolute Gasteiger partial charge is 0.372 e. The number of hydrogen-bond acceptors (Lipinski definition) is 5. The Morgan fingerprint density at radius 1 is 1.07 bits per heavy atom. The van der Waals surface area contributed by atoms with E-state index in [-0.39, 0.29) is 54.4 Å². The number of aliphatic imine (C=N–C) groups is 2. The lowest BCUT2D eigenvalue weighted by Gasteiger charge is -2.15. The summed E-state index contributed by atoms with van der Waals surface area (Å²) in [4.78, 5) is 28.2. The van der Waals surface area contributed by atoms with Crippen LogP contribution >= 0.6 is 11.6 Å². The fourth-order valence-corrected chi connectivity index (χ4v) is 5.02. The third-order valence-corrected chi connectivity index (χ3v) is 7.51. The molecule has 0 unspecified atom stereocenters. The molecule has 0 amide bonds. The van der Waals surface area contributed by atoms with E-state index in [0.29, 0.717) is 41.8 Å². The van der Waals surface area contributed by atoms with Gasteiger partial charge in [0.15, 0.2) is 17.7 Å². The van der Waals surface area contributed by atoms with Gasteiger partial charge in [-0.3, -0.25) is 18.9 Å². The van der Waals surface area contributed by atoms with Crippen LogP contribution in [0.25, 0.3) is 28.0 Å². The smallest absolute Gasteiger partial charge is 0.354 e. The number of benzene rings is 2. The van der Waals surface area contributed by atoms with Crippen LogP contribution in [-0.2, 0) is 17.8 Å². The topological polar surface area (TPSA) is 189 Å². The van der Waals surface area contributed by atoms with Gasteiger partial charge in [0, 0.05) is 23.7 Å². The first-order chi connectivity index (χ1) is 21.5. The predicted octanol–water partition coefficient (Wildman–Crippen LogP) is 3.92. The highest BCUT2D eigenvalue weighted by atomic mass is 35.5. The van der Waals surface area contributed by atoms with Gasteiger partial charge in [0.25, 0.3) is 0 Å². The van der Waals surface area contributed by atoms with Crippen molar-refractivity contribution in [3.8, 4) is 16.9 Å². The van der Waals surface area contributed by atoms with Crippen LogP contribution in [0.1, 0.15) is 37.3 Å². The van der Waals surface area contributed by atoms with Gasteiger partial charge in [0.1, 0.15) is 5.65 Å². The highest BCUT2D eigenvalue weighted by Gasteiger charge is 2.16. The van der Waals surface area contributed by atoms with Crippen molar-refractivity contribution in [3.63, 3.8) is 0 Å². The summed E-state index contributed by atoms with van der Waals surface area (Å²) in [5.74, 6) is -0.656. The molecule has 0 aliphatic heterocycles. The highest BCUT2D eigenvalue weighted by Crippen LogP contribution is 2.31. The summed E-state index contributed by atoms with van der Waals surface area (Å²) in [6, 6.07) is 12.3. The normalized spacial score (nSPS) is 12.6. The molecule has 4 aromatic rings. The van der Waals surface area contributed by atoms with Crippen molar-refractivity contribution in [1.82, 2.24) is 14.5 Å². The molecule has 2 heterocycles. The molecule has 2 atom stereocenters. The molecule has 0 bridgehead atoms. The number of alkyl halides is 1. The van der Waals surface area contributed by atoms with Crippen molar-refractivity contribution in [3.05, 3.63) is 81.1 Å². The van der Waals surface area contributed by atoms with Crippen molar-refractivity contribution in [2.45, 2.75) is 45.3 Å². The van der Waals surface area contributed by atoms with Gasteiger partial charge in [-0.15, -0.1) is 0 Å². The Morgan fingerprint density at radius 2 is 1.80 bits per heavy atom. The number of nitrogens with two attached hydrogens (primary N) is 4. The lowest BCUT2D eigenvalue weighted by atomic mass is 9.99. The molecule has 11 nitrogen and oxygen atoms in total. The monoisotopic (exact) mass is 641 g/mol. The molecule has 14 heteroatoms. The number of ether oxygens (including phenoxy) is 1. The maximum absolute atomic E-state index is 15.1. The Bertz CT molecular complexity index is 1710. The number of aromatic amines is 1. The molecule has 0 saturated carbocycles. The second-order valence-corrected chi connectivity index (χ2v) is 11.3. The molecule has 240 valence electrons. The lowest BCUT2D eigenvalue weighted by molar-refractivity contribution is 0.0429. The Labute approximate surface area is 264 Å². The van der Waals surface area contributed by atoms with Crippen LogP contribution in [0.3, 0.4) is 0 Å². The van der Waals surface area contributed by atoms with E-state index < -0.39 is 11.5 Å². The molecule has 0 aliphatic carbocycles. The maximum Gasteiger partial charge on any atom is 0.354 e. The van der Waals surface area contributed by atoms with E-state index in [4.69, 9.17) is 39.3 Å². The van der Waals surface area contributed by atoms with Gasteiger partial charge < -0.3 is 32.7 Å². The zero-order chi connectivity index (χ0) is 32.5. The Hall–Kier alpha value is -4.49. The summed E-state index contributed by atoms with van der Waals surface area (Å²) < 4.78 is 35.3. The number of aryl methyl sites for hydroxylation is 1. The number of hydrogen-bond donors (Lipinski definition) is 5. The minimum Gasteiger partial charge on any atom is -0.372 e. The number of fused-ring (bicyclic) bond motifs is 1. The molecule has 0 aliphatic rings. The van der Waals surface area contributed by atoms with Crippen molar-refractivity contribution in [2.75, 3.05) is 19.8 Å². The summed E-state index contributed by atoms with van der Waals surface area (Å²) in [5, 5.41) is 0.602. The molecule has 2 aromatic heterocycles. The Balaban J connectivity index is 1.51. The predicted molar refractivity (Wildman–Crippen MR) is 175 cm³/mol. The number of aromatic nitrogens is 3. The Morgan fingerprint density at radius 3 is 2.49 bits per heavy atom. The third-order valence-electron chi connectivity index (χ3n) is 7.24. The van der Waals surface area contributed by atoms with Crippen molar-refractivity contribution < 1.29 is 13.5 Å². The maximum atomic E-state index is 15.1. The second-order valence-electron chi connectivity index (χ2n) is 10.9. The van der Waals surface area contributed by atoms with E-state index in [2.05, 4.69) is 20.0 Å². The summed E-state index contributed by atoms with van der Waals surface area (Å²) in [6.07, 6.45) is 3.94. The quantitative estimate of drug-likeness (QED) is 0.0960. The molecule has 9 N–H and O–H groups in total. The van der Waals surface area contributed by atoms with Gasteiger partial charge in [-0.2, -0.15) is 4.98 Å². The minimum absolute atomic E-state index is 0.00683. The molecule has 0 saturated heterocycles. The second kappa shape index (κ2) is 15.5. The van der Waals surface area contributed by atoms with Gasteiger partial charge in [-0.1, -0.05) is 30.7 Å². The van der Waals surface area contributed by atoms with Crippen LogP contribution in [0.4, 0.5) is 8.78 Å². The first-order valence-corrected chi connectivity index (χ1v) is 14.9. The molecule has 0 fully saturated rings. The zero-order valence-corrected chi connectivity index (χ0v) is 25.7. The molecule has 45 heavy (non-hydrogen) atoms. The number of halogens is 3. The van der Waals surface area contributed by atoms with Crippen LogP contribution < -0.4 is 28.6 Å². The van der Waals surface area contributed by atoms with E-state index in [0.717, 1.165) is 24.0 Å². The standard InChI is InChI=1S/C31H38ClF2N9O2/c1-18(14-33)3-2-4-20-11-24(27(34)25(32)12-20)26-13-21-16-43(31(44)42-28(21)41-26)22-7-5-19(6-8-22)17-45-23(15-40-30(37)38)9-10-39-29(35)36/h5-8,11-13,16,18,23H,2-4,9-10,14-15,17H2,1H3,(H4,35,36,39)(H4,37,38,40)(H,41,42,44)/t18-,23-/m1/s1. The molecule has 2 aromatic carbocycles. The average Bonchev–Trinajstić information content (AvgIpc) is 3.41. The first kappa shape index (κ1) is 33.4. The van der Waals surface area contributed by atoms with Crippen molar-refractivity contribution in [1.29, 1.82) is 0 Å². The number of guanidine groups is 2. The summed E-state index contributed by atoms with van der Waals surface area (Å²) in [6.45, 7) is 2.36. The van der Waals surface area contributed by atoms with Gasteiger partial charge in [-0.05, 0) is 73.1 Å². The van der Waals surface area contributed by atoms with E-state index in [1.807, 2.05) is 19.1 Å². The van der Waals surface area contributed by atoms with Crippen LogP contribution in [0.5, 0.6) is 0 Å². The number of nitrogens with one attached hydrogen (secondary N) is 1. The van der Waals surface area contributed by atoms with Gasteiger partial charge in [0.2, 0.25) is 0 Å². The number of nitrogens with zero attached hydrogens (tertiary/aromatic N) is 4. The summed E-state index contributed by atoms with van der Waals surface area (Å²) in [7, 11) is 0. The van der Waals surface area contributed by atoms with E-state index >= 15 is 4.39 Å². The highest BCUT2D eigenvalue weighted by molar-refractivity contribution is 6.31. The van der Waals surface area contributed by atoms with E-state index in [1.54, 1.807) is 36.5 Å². The molecule has 0 radical (unpaired) electrons. The minimum atomic E-state index is -0.575. The Kier molecular flexibility index (Phi) is 11.5. The van der Waals surface area contributed by atoms with Gasteiger partial charge in [-0.25, -0.2) is 9.18 Å². The van der Waals surface area contributed by atoms with E-state index in [9.17, 15) is 9.18 Å². The molecule has 4 rings (SSSR count). The van der Waals surface area contributed by atoms with Crippen LogP contribution in [-0.4, -0.2) is 52.3 Å². The third kappa shape index (κ3) is 9.25. The first-order valence-electron chi connectivity index (χ1n) is 14.5. The molecular weight excluding hydrogens is 604 g/mol. The lowest BCUT2D eigenvalue weighted by Crippen LogP contribution is -2.27. The average molecular weight is 642 g/mol. The fourth-order valence-electron chi connectivity index (χ4n) is 4.78. The van der Waals surface area contributed by atoms with Gasteiger partial charge in [0.05, 0.1) is 42.3 Å².